The van der Waals surface area contributed by atoms with Crippen LogP contribution in [-0.4, -0.2) is 20.1 Å². The van der Waals surface area contributed by atoms with Crippen molar-refractivity contribution in [1.82, 2.24) is 0 Å². The van der Waals surface area contributed by atoms with Crippen LogP contribution in [0.3, 0.4) is 0 Å². The maximum Gasteiger partial charge on any atom is 0.193 e. The van der Waals surface area contributed by atoms with Crippen LogP contribution < -0.4 is 11.1 Å². The van der Waals surface area contributed by atoms with E-state index in [0.29, 0.717) is 16.7 Å². The summed E-state index contributed by atoms with van der Waals surface area (Å²) < 4.78 is 23.9. The number of nitrogens with two attached hydrogens (primary N) is 1. The Morgan fingerprint density at radius 3 is 2.70 bits per heavy atom. The van der Waals surface area contributed by atoms with E-state index >= 15 is 0 Å². The number of anilines is 1. The zero-order valence-corrected chi connectivity index (χ0v) is 16.9. The van der Waals surface area contributed by atoms with Gasteiger partial charge in [-0.2, -0.15) is 0 Å². The van der Waals surface area contributed by atoms with Gasteiger partial charge in [-0.25, -0.2) is 13.4 Å². The van der Waals surface area contributed by atoms with Crippen LogP contribution in [0.25, 0.3) is 0 Å². The largest absolute Gasteiger partial charge is 0.370 e. The first-order valence-electron chi connectivity index (χ1n) is 6.86. The van der Waals surface area contributed by atoms with Crippen molar-refractivity contribution in [2.24, 2.45) is 10.7 Å². The molecule has 0 amide bonds. The topological polar surface area (TPSA) is 84.5 Å². The van der Waals surface area contributed by atoms with Crippen LogP contribution >= 0.6 is 35.3 Å². The molecule has 2 rings (SSSR count). The summed E-state index contributed by atoms with van der Waals surface area (Å²) in [6.45, 7) is 3.99. The molecule has 0 aliphatic heterocycles. The Morgan fingerprint density at radius 2 is 2.04 bits per heavy atom. The molecule has 0 saturated heterocycles. The second-order valence-electron chi connectivity index (χ2n) is 4.82. The summed E-state index contributed by atoms with van der Waals surface area (Å²) in [6, 6.07) is 11.2. The van der Waals surface area contributed by atoms with Crippen LogP contribution in [0.15, 0.2) is 45.6 Å². The van der Waals surface area contributed by atoms with Gasteiger partial charge >= 0.3 is 0 Å². The highest BCUT2D eigenvalue weighted by atomic mass is 127. The predicted molar refractivity (Wildman–Crippen MR) is 108 cm³/mol. The maximum absolute atomic E-state index is 11.8. The fraction of sp³-hybridized carbons (Fsp3) is 0.267. The lowest BCUT2D eigenvalue weighted by Crippen LogP contribution is -2.22. The van der Waals surface area contributed by atoms with E-state index in [1.54, 1.807) is 19.1 Å². The predicted octanol–water partition coefficient (Wildman–Crippen LogP) is 3.39. The molecule has 0 radical (unpaired) electrons. The molecule has 23 heavy (non-hydrogen) atoms. The molecule has 2 aromatic rings. The Hall–Kier alpha value is -1.13. The molecule has 0 saturated carbocycles. The third-order valence-electron chi connectivity index (χ3n) is 3.02. The quantitative estimate of drug-likeness (QED) is 0.403. The molecule has 1 heterocycles. The van der Waals surface area contributed by atoms with Crippen molar-refractivity contribution in [3.05, 3.63) is 46.8 Å². The first-order chi connectivity index (χ1) is 10.4. The second-order valence-corrected chi connectivity index (χ2v) is 8.49. The lowest BCUT2D eigenvalue weighted by atomic mass is 10.2. The Labute approximate surface area is 158 Å². The van der Waals surface area contributed by atoms with Crippen LogP contribution in [0.5, 0.6) is 0 Å². The van der Waals surface area contributed by atoms with Crippen LogP contribution in [-0.2, 0) is 16.4 Å². The number of guanidine groups is 1. The molecule has 1 aromatic heterocycles. The van der Waals surface area contributed by atoms with Gasteiger partial charge in [0, 0.05) is 10.6 Å². The van der Waals surface area contributed by atoms with Gasteiger partial charge in [0.25, 0.3) is 0 Å². The van der Waals surface area contributed by atoms with Crippen molar-refractivity contribution in [2.45, 2.75) is 24.6 Å². The Kier molecular flexibility index (Phi) is 7.49. The van der Waals surface area contributed by atoms with Gasteiger partial charge < -0.3 is 11.1 Å². The summed E-state index contributed by atoms with van der Waals surface area (Å²) in [6.07, 6.45) is 0. The summed E-state index contributed by atoms with van der Waals surface area (Å²) in [4.78, 5) is 5.10. The summed E-state index contributed by atoms with van der Waals surface area (Å²) in [5, 5.41) is 3.02. The highest BCUT2D eigenvalue weighted by Gasteiger charge is 2.14. The highest BCUT2D eigenvalue weighted by Crippen LogP contribution is 2.23. The smallest absolute Gasteiger partial charge is 0.193 e. The number of aryl methyl sites for hydroxylation is 1. The van der Waals surface area contributed by atoms with Crippen molar-refractivity contribution in [3.63, 3.8) is 0 Å². The number of rotatable bonds is 5. The van der Waals surface area contributed by atoms with Crippen LogP contribution in [0, 0.1) is 6.92 Å². The first-order valence-corrected chi connectivity index (χ1v) is 9.32. The molecule has 0 unspecified atom stereocenters. The molecule has 0 spiro atoms. The number of thiophene rings is 1. The van der Waals surface area contributed by atoms with Gasteiger partial charge in [-0.1, -0.05) is 19.1 Å². The maximum atomic E-state index is 11.8. The zero-order valence-electron chi connectivity index (χ0n) is 12.9. The third-order valence-corrected chi connectivity index (χ3v) is 6.40. The SMILES string of the molecule is CCS(=O)(=O)c1ccc(CN=C(N)Nc2cccc(C)c2)s1.I. The fourth-order valence-electron chi connectivity index (χ4n) is 1.83. The van der Waals surface area contributed by atoms with Crippen LogP contribution in [0.4, 0.5) is 5.69 Å². The Morgan fingerprint density at radius 1 is 1.30 bits per heavy atom. The van der Waals surface area contributed by atoms with Crippen LogP contribution in [0.2, 0.25) is 0 Å². The number of nitrogens with zero attached hydrogens (tertiary/aromatic N) is 1. The van der Waals surface area contributed by atoms with Crippen molar-refractivity contribution in [3.8, 4) is 0 Å². The summed E-state index contributed by atoms with van der Waals surface area (Å²) >= 11 is 1.24. The molecule has 3 N–H and O–H groups in total. The summed E-state index contributed by atoms with van der Waals surface area (Å²) in [7, 11) is -3.15. The fourth-order valence-corrected chi connectivity index (χ4v) is 4.23. The van der Waals surface area contributed by atoms with E-state index in [-0.39, 0.29) is 29.7 Å². The van der Waals surface area contributed by atoms with E-state index in [4.69, 9.17) is 5.73 Å². The normalized spacial score (nSPS) is 11.8. The molecule has 0 aliphatic rings. The van der Waals surface area contributed by atoms with E-state index in [9.17, 15) is 8.42 Å². The van der Waals surface area contributed by atoms with Crippen molar-refractivity contribution in [1.29, 1.82) is 0 Å². The number of halogens is 1. The third kappa shape index (κ3) is 5.78. The van der Waals surface area contributed by atoms with Crippen LogP contribution in [0.1, 0.15) is 17.4 Å². The van der Waals surface area contributed by atoms with E-state index in [0.717, 1.165) is 16.1 Å². The molecule has 0 atom stereocenters. The first kappa shape index (κ1) is 19.9. The van der Waals surface area contributed by atoms with Crippen molar-refractivity contribution < 1.29 is 8.42 Å². The average Bonchev–Trinajstić information content (AvgIpc) is 2.95. The van der Waals surface area contributed by atoms with E-state index in [1.165, 1.54) is 11.3 Å². The van der Waals surface area contributed by atoms with E-state index in [1.807, 2.05) is 31.2 Å². The average molecular weight is 465 g/mol. The summed E-state index contributed by atoms with van der Waals surface area (Å²) in [5.41, 5.74) is 7.85. The molecule has 0 aliphatic carbocycles. The van der Waals surface area contributed by atoms with Gasteiger partial charge in [0.15, 0.2) is 15.8 Å². The van der Waals surface area contributed by atoms with Gasteiger partial charge in [-0.15, -0.1) is 35.3 Å². The van der Waals surface area contributed by atoms with Gasteiger partial charge in [0.2, 0.25) is 0 Å². The molecule has 8 heteroatoms. The van der Waals surface area contributed by atoms with Crippen molar-refractivity contribution >= 4 is 56.8 Å². The number of aliphatic imine (C=N–C) groups is 1. The lowest BCUT2D eigenvalue weighted by Gasteiger charge is -2.05. The molecule has 0 bridgehead atoms. The standard InChI is InChI=1S/C15H19N3O2S2.HI/c1-3-22(19,20)14-8-7-13(21-14)10-17-15(16)18-12-6-4-5-11(2)9-12;/h4-9H,3,10H2,1-2H3,(H3,16,17,18);1H. The Bertz CT molecular complexity index is 786. The number of hydrogen-bond acceptors (Lipinski definition) is 4. The Balaban J connectivity index is 0.00000264. The number of benzene rings is 1. The van der Waals surface area contributed by atoms with Gasteiger partial charge in [0.1, 0.15) is 4.21 Å². The minimum Gasteiger partial charge on any atom is -0.370 e. The monoisotopic (exact) mass is 465 g/mol. The zero-order chi connectivity index (χ0) is 16.2. The molecule has 5 nitrogen and oxygen atoms in total. The summed E-state index contributed by atoms with van der Waals surface area (Å²) in [5.74, 6) is 0.409. The lowest BCUT2D eigenvalue weighted by molar-refractivity contribution is 0.599. The van der Waals surface area contributed by atoms with Gasteiger partial charge in [-0.05, 0) is 36.8 Å². The number of nitrogens with one attached hydrogen (secondary N) is 1. The highest BCUT2D eigenvalue weighted by molar-refractivity contribution is 14.0. The molecule has 1 aromatic carbocycles. The minimum absolute atomic E-state index is 0. The molecule has 126 valence electrons. The van der Waals surface area contributed by atoms with Gasteiger partial charge in [0.05, 0.1) is 12.3 Å². The van der Waals surface area contributed by atoms with E-state index < -0.39 is 9.84 Å². The second kappa shape index (κ2) is 8.65. The number of sulfone groups is 1. The molecular formula is C15H20IN3O2S2. The molecular weight excluding hydrogens is 445 g/mol. The number of hydrogen-bond donors (Lipinski definition) is 2. The van der Waals surface area contributed by atoms with Crippen molar-refractivity contribution in [2.75, 3.05) is 11.1 Å². The van der Waals surface area contributed by atoms with E-state index in [2.05, 4.69) is 10.3 Å². The van der Waals surface area contributed by atoms with Gasteiger partial charge in [-0.3, -0.25) is 0 Å². The minimum atomic E-state index is -3.15. The molecule has 0 fully saturated rings.